The predicted octanol–water partition coefficient (Wildman–Crippen LogP) is 5.76. The van der Waals surface area contributed by atoms with Crippen molar-refractivity contribution in [2.45, 2.75) is 89.8 Å². The fraction of sp³-hybridized carbons (Fsp3) is 0.778. The van der Waals surface area contributed by atoms with Crippen molar-refractivity contribution in [1.29, 1.82) is 0 Å². The summed E-state index contributed by atoms with van der Waals surface area (Å²) in [7, 11) is -2.97. The van der Waals surface area contributed by atoms with Crippen LogP contribution in [0.2, 0.25) is 37.8 Å². The third-order valence-electron chi connectivity index (χ3n) is 4.61. The van der Waals surface area contributed by atoms with E-state index in [-0.39, 0.29) is 5.60 Å². The highest BCUT2D eigenvalue weighted by Gasteiger charge is 2.39. The van der Waals surface area contributed by atoms with Crippen molar-refractivity contribution in [2.24, 2.45) is 0 Å². The lowest BCUT2D eigenvalue weighted by Crippen LogP contribution is -2.47. The van der Waals surface area contributed by atoms with E-state index in [0.717, 1.165) is 25.7 Å². The molecule has 1 rings (SSSR count). The Bertz CT molecular complexity index is 387. The second kappa shape index (κ2) is 7.81. The zero-order chi connectivity index (χ0) is 16.0. The van der Waals surface area contributed by atoms with Gasteiger partial charge in [0.25, 0.3) is 0 Å². The van der Waals surface area contributed by atoms with E-state index in [0.29, 0.717) is 0 Å². The van der Waals surface area contributed by atoms with Gasteiger partial charge in [0.1, 0.15) is 13.7 Å². The highest BCUT2D eigenvalue weighted by molar-refractivity contribution is 6.83. The van der Waals surface area contributed by atoms with Crippen LogP contribution >= 0.6 is 0 Å². The number of rotatable bonds is 5. The van der Waals surface area contributed by atoms with Crippen LogP contribution in [-0.4, -0.2) is 22.0 Å². The van der Waals surface area contributed by atoms with E-state index in [1.165, 1.54) is 18.1 Å². The summed E-state index contributed by atoms with van der Waals surface area (Å²) in [4.78, 5) is 0. The first-order valence-corrected chi connectivity index (χ1v) is 14.7. The Balaban J connectivity index is 3.09. The van der Waals surface area contributed by atoms with Crippen LogP contribution in [0.4, 0.5) is 0 Å². The SMILES string of the molecule is CC[Si](CC)(CC)OC1(C#C[Si](C)(C)C)CCC=CCC1. The molecule has 0 N–H and O–H groups in total. The van der Waals surface area contributed by atoms with Crippen molar-refractivity contribution in [2.75, 3.05) is 0 Å². The average molecular weight is 323 g/mol. The Morgan fingerprint density at radius 1 is 0.952 bits per heavy atom. The van der Waals surface area contributed by atoms with Gasteiger partial charge in [-0.05, 0) is 43.8 Å². The Kier molecular flexibility index (Phi) is 6.97. The lowest BCUT2D eigenvalue weighted by molar-refractivity contribution is 0.101. The zero-order valence-corrected chi connectivity index (χ0v) is 17.0. The summed E-state index contributed by atoms with van der Waals surface area (Å²) in [5, 5.41) is 0. The van der Waals surface area contributed by atoms with Gasteiger partial charge in [0.05, 0.1) is 0 Å². The Hall–Kier alpha value is -0.306. The molecule has 0 aromatic rings. The zero-order valence-electron chi connectivity index (χ0n) is 15.0. The Morgan fingerprint density at radius 2 is 1.43 bits per heavy atom. The molecule has 0 aromatic carbocycles. The molecule has 0 heterocycles. The second-order valence-electron chi connectivity index (χ2n) is 7.39. The topological polar surface area (TPSA) is 9.23 Å². The fourth-order valence-electron chi connectivity index (χ4n) is 2.93. The van der Waals surface area contributed by atoms with Crippen molar-refractivity contribution < 1.29 is 4.43 Å². The predicted molar refractivity (Wildman–Crippen MR) is 99.7 cm³/mol. The van der Waals surface area contributed by atoms with E-state index in [1.807, 2.05) is 0 Å². The first-order chi connectivity index (χ1) is 9.80. The van der Waals surface area contributed by atoms with Gasteiger partial charge in [-0.2, -0.15) is 0 Å². The van der Waals surface area contributed by atoms with E-state index in [9.17, 15) is 0 Å². The van der Waals surface area contributed by atoms with E-state index in [1.54, 1.807) is 0 Å². The molecule has 1 nitrogen and oxygen atoms in total. The monoisotopic (exact) mass is 322 g/mol. The van der Waals surface area contributed by atoms with Crippen LogP contribution in [-0.2, 0) is 4.43 Å². The van der Waals surface area contributed by atoms with Crippen molar-refractivity contribution in [1.82, 2.24) is 0 Å². The molecule has 1 aliphatic carbocycles. The summed E-state index contributed by atoms with van der Waals surface area (Å²) >= 11 is 0. The molecule has 0 spiro atoms. The molecule has 0 atom stereocenters. The third kappa shape index (κ3) is 5.77. The van der Waals surface area contributed by atoms with Gasteiger partial charge in [0.15, 0.2) is 8.32 Å². The number of hydrogen-bond donors (Lipinski definition) is 0. The van der Waals surface area contributed by atoms with Crippen LogP contribution in [0.25, 0.3) is 0 Å². The van der Waals surface area contributed by atoms with Crippen molar-refractivity contribution in [3.8, 4) is 11.5 Å². The van der Waals surface area contributed by atoms with E-state index >= 15 is 0 Å². The molecule has 1 aliphatic rings. The quantitative estimate of drug-likeness (QED) is 0.355. The molecule has 120 valence electrons. The van der Waals surface area contributed by atoms with Crippen LogP contribution in [0.3, 0.4) is 0 Å². The third-order valence-corrected chi connectivity index (χ3v) is 10.2. The minimum atomic E-state index is -1.61. The molecule has 0 unspecified atom stereocenters. The molecule has 0 radical (unpaired) electrons. The van der Waals surface area contributed by atoms with E-state index in [4.69, 9.17) is 4.43 Å². The van der Waals surface area contributed by atoms with Crippen LogP contribution in [0.1, 0.15) is 46.5 Å². The van der Waals surface area contributed by atoms with Gasteiger partial charge in [-0.25, -0.2) is 0 Å². The molecule has 0 fully saturated rings. The van der Waals surface area contributed by atoms with Crippen molar-refractivity contribution in [3.05, 3.63) is 12.2 Å². The van der Waals surface area contributed by atoms with E-state index in [2.05, 4.69) is 64.0 Å². The fourth-order valence-corrected chi connectivity index (χ4v) is 6.55. The first-order valence-electron chi connectivity index (χ1n) is 8.70. The molecule has 0 amide bonds. The Morgan fingerprint density at radius 3 is 1.81 bits per heavy atom. The lowest BCUT2D eigenvalue weighted by Gasteiger charge is -2.39. The van der Waals surface area contributed by atoms with Crippen molar-refractivity contribution >= 4 is 16.4 Å². The van der Waals surface area contributed by atoms with Gasteiger partial charge in [0, 0.05) is 0 Å². The summed E-state index contributed by atoms with van der Waals surface area (Å²) in [6, 6.07) is 3.64. The maximum Gasteiger partial charge on any atom is 0.194 e. The molecule has 0 bridgehead atoms. The number of allylic oxidation sites excluding steroid dienone is 2. The van der Waals surface area contributed by atoms with Gasteiger partial charge in [0.2, 0.25) is 0 Å². The van der Waals surface area contributed by atoms with Crippen LogP contribution in [0.5, 0.6) is 0 Å². The number of hydrogen-bond acceptors (Lipinski definition) is 1. The van der Waals surface area contributed by atoms with Gasteiger partial charge in [-0.1, -0.05) is 58.5 Å². The lowest BCUT2D eigenvalue weighted by atomic mass is 9.95. The standard InChI is InChI=1S/C18H34OSi2/c1-7-21(8-2,9-3)19-18(16-17-20(4,5)6)14-12-10-11-13-15-18/h10-11H,7-9,12-15H2,1-6H3. The van der Waals surface area contributed by atoms with Crippen LogP contribution in [0, 0.1) is 11.5 Å². The Labute approximate surface area is 134 Å². The van der Waals surface area contributed by atoms with Gasteiger partial charge in [-0.15, -0.1) is 5.54 Å². The highest BCUT2D eigenvalue weighted by atomic mass is 28.4. The normalized spacial score (nSPS) is 18.8. The summed E-state index contributed by atoms with van der Waals surface area (Å²) in [6.45, 7) is 13.9. The van der Waals surface area contributed by atoms with Gasteiger partial charge < -0.3 is 4.43 Å². The highest BCUT2D eigenvalue weighted by Crippen LogP contribution is 2.35. The van der Waals surface area contributed by atoms with Crippen LogP contribution in [0.15, 0.2) is 12.2 Å². The average Bonchev–Trinajstić information content (AvgIpc) is 2.68. The maximum absolute atomic E-state index is 6.94. The molecular formula is C18H34OSi2. The van der Waals surface area contributed by atoms with Gasteiger partial charge >= 0.3 is 0 Å². The largest absolute Gasteiger partial charge is 0.401 e. The summed E-state index contributed by atoms with van der Waals surface area (Å²) < 4.78 is 6.94. The molecule has 0 aromatic heterocycles. The molecule has 0 aliphatic heterocycles. The molecule has 3 heteroatoms. The summed E-state index contributed by atoms with van der Waals surface area (Å²) in [6.07, 6.45) is 9.01. The van der Waals surface area contributed by atoms with Crippen molar-refractivity contribution in [3.63, 3.8) is 0 Å². The smallest absolute Gasteiger partial charge is 0.194 e. The molecule has 0 saturated heterocycles. The minimum Gasteiger partial charge on any atom is -0.401 e. The minimum absolute atomic E-state index is 0.169. The summed E-state index contributed by atoms with van der Waals surface area (Å²) in [5.74, 6) is 3.66. The summed E-state index contributed by atoms with van der Waals surface area (Å²) in [5.41, 5.74) is 3.44. The van der Waals surface area contributed by atoms with Crippen LogP contribution < -0.4 is 0 Å². The molecule has 0 saturated carbocycles. The first kappa shape index (κ1) is 18.7. The van der Waals surface area contributed by atoms with E-state index < -0.39 is 16.4 Å². The molecule has 21 heavy (non-hydrogen) atoms. The van der Waals surface area contributed by atoms with Gasteiger partial charge in [-0.3, -0.25) is 0 Å². The molecular weight excluding hydrogens is 288 g/mol. The second-order valence-corrected chi connectivity index (χ2v) is 16.8. The maximum atomic E-state index is 6.94.